The van der Waals surface area contributed by atoms with Crippen LogP contribution in [0, 0.1) is 10.1 Å². The first kappa shape index (κ1) is 9.63. The fraction of sp³-hybridized carbons (Fsp3) is 0.667. The van der Waals surface area contributed by atoms with Gasteiger partial charge in [-0.25, -0.2) is 10.1 Å². The van der Waals surface area contributed by atoms with Crippen molar-refractivity contribution in [2.45, 2.75) is 9.96 Å². The molecule has 1 aliphatic heterocycles. The van der Waals surface area contributed by atoms with E-state index in [-0.39, 0.29) is 0 Å². The standard InChI is InChI=1S/C3H3Cl3N4O2/c4-3(5,6)2-8-7-1-9(2)10(11)12/h1-2,8H. The Morgan fingerprint density at radius 3 is 2.58 bits per heavy atom. The van der Waals surface area contributed by atoms with E-state index >= 15 is 0 Å². The smallest absolute Gasteiger partial charge is 0.236 e. The Labute approximate surface area is 82.2 Å². The van der Waals surface area contributed by atoms with Crippen LogP contribution in [0.25, 0.3) is 0 Å². The monoisotopic (exact) mass is 232 g/mol. The molecule has 0 aromatic carbocycles. The largest absolute Gasteiger partial charge is 0.276 e. The van der Waals surface area contributed by atoms with Crippen molar-refractivity contribution in [3.63, 3.8) is 0 Å². The lowest BCUT2D eigenvalue weighted by Crippen LogP contribution is -2.49. The zero-order chi connectivity index (χ0) is 9.35. The normalized spacial score (nSPS) is 22.6. The van der Waals surface area contributed by atoms with Crippen molar-refractivity contribution < 1.29 is 5.03 Å². The molecule has 6 nitrogen and oxygen atoms in total. The molecule has 1 rings (SSSR count). The van der Waals surface area contributed by atoms with Gasteiger partial charge in [-0.1, -0.05) is 39.8 Å². The van der Waals surface area contributed by atoms with Crippen LogP contribution in [0.5, 0.6) is 0 Å². The summed E-state index contributed by atoms with van der Waals surface area (Å²) < 4.78 is -1.80. The molecule has 0 radical (unpaired) electrons. The van der Waals surface area contributed by atoms with E-state index < -0.39 is 15.0 Å². The van der Waals surface area contributed by atoms with Gasteiger partial charge in [0, 0.05) is 0 Å². The van der Waals surface area contributed by atoms with Crippen LogP contribution in [-0.4, -0.2) is 26.3 Å². The van der Waals surface area contributed by atoms with Crippen LogP contribution in [0.4, 0.5) is 0 Å². The third kappa shape index (κ3) is 1.82. The minimum atomic E-state index is -1.80. The summed E-state index contributed by atoms with van der Waals surface area (Å²) in [7, 11) is 0. The highest BCUT2D eigenvalue weighted by Gasteiger charge is 2.44. The van der Waals surface area contributed by atoms with Crippen LogP contribution in [0.2, 0.25) is 0 Å². The molecule has 1 unspecified atom stereocenters. The number of alkyl halides is 3. The highest BCUT2D eigenvalue weighted by molar-refractivity contribution is 6.68. The average Bonchev–Trinajstić information content (AvgIpc) is 2.30. The number of hydrogen-bond donors (Lipinski definition) is 1. The number of nitrogens with one attached hydrogen (secondary N) is 1. The molecule has 0 fully saturated rings. The minimum absolute atomic E-state index is 0.576. The van der Waals surface area contributed by atoms with E-state index in [0.29, 0.717) is 5.01 Å². The van der Waals surface area contributed by atoms with Gasteiger partial charge < -0.3 is 0 Å². The Morgan fingerprint density at radius 2 is 2.25 bits per heavy atom. The number of hydrogen-bond acceptors (Lipinski definition) is 4. The predicted molar refractivity (Wildman–Crippen MR) is 44.5 cm³/mol. The van der Waals surface area contributed by atoms with Crippen molar-refractivity contribution in [2.24, 2.45) is 5.10 Å². The van der Waals surface area contributed by atoms with E-state index in [1.807, 2.05) is 0 Å². The molecule has 1 atom stereocenters. The second-order valence-corrected chi connectivity index (χ2v) is 4.30. The maximum Gasteiger partial charge on any atom is 0.236 e. The molecular formula is C3H3Cl3N4O2. The van der Waals surface area contributed by atoms with Gasteiger partial charge in [-0.15, -0.1) is 0 Å². The maximum absolute atomic E-state index is 10.3. The van der Waals surface area contributed by atoms with E-state index in [1.165, 1.54) is 0 Å². The summed E-state index contributed by atoms with van der Waals surface area (Å²) in [6.07, 6.45) is -0.135. The number of hydrazine groups is 1. The van der Waals surface area contributed by atoms with Gasteiger partial charge in [0.05, 0.1) is 0 Å². The molecule has 68 valence electrons. The van der Waals surface area contributed by atoms with Crippen LogP contribution in [-0.2, 0) is 0 Å². The molecule has 0 saturated heterocycles. The molecule has 0 aromatic rings. The van der Waals surface area contributed by atoms with Gasteiger partial charge in [-0.2, -0.15) is 5.10 Å². The zero-order valence-electron chi connectivity index (χ0n) is 5.45. The molecule has 0 aliphatic carbocycles. The van der Waals surface area contributed by atoms with Crippen molar-refractivity contribution >= 4 is 41.1 Å². The first-order chi connectivity index (χ1) is 5.43. The molecule has 0 saturated carbocycles. The molecule has 0 bridgehead atoms. The highest BCUT2D eigenvalue weighted by atomic mass is 35.6. The molecule has 9 heteroatoms. The van der Waals surface area contributed by atoms with Gasteiger partial charge >= 0.3 is 0 Å². The lowest BCUT2D eigenvalue weighted by atomic mass is 10.6. The van der Waals surface area contributed by atoms with Crippen LogP contribution in [0.15, 0.2) is 5.10 Å². The first-order valence-corrected chi connectivity index (χ1v) is 3.84. The lowest BCUT2D eigenvalue weighted by molar-refractivity contribution is -0.634. The number of halogens is 3. The predicted octanol–water partition coefficient (Wildman–Crippen LogP) is 0.723. The Balaban J connectivity index is 2.75. The fourth-order valence-corrected chi connectivity index (χ4v) is 1.09. The molecule has 0 amide bonds. The van der Waals surface area contributed by atoms with Crippen molar-refractivity contribution in [1.29, 1.82) is 0 Å². The molecule has 0 spiro atoms. The van der Waals surface area contributed by atoms with Crippen LogP contribution in [0.1, 0.15) is 0 Å². The summed E-state index contributed by atoms with van der Waals surface area (Å²) in [6.45, 7) is 0. The van der Waals surface area contributed by atoms with E-state index in [2.05, 4.69) is 10.5 Å². The van der Waals surface area contributed by atoms with Gasteiger partial charge in [0.1, 0.15) is 0 Å². The van der Waals surface area contributed by atoms with E-state index in [4.69, 9.17) is 34.8 Å². The summed E-state index contributed by atoms with van der Waals surface area (Å²) in [5.74, 6) is 0. The van der Waals surface area contributed by atoms with Gasteiger partial charge in [0.15, 0.2) is 11.4 Å². The molecule has 0 aromatic heterocycles. The summed E-state index contributed by atoms with van der Waals surface area (Å²) in [5.41, 5.74) is 2.29. The van der Waals surface area contributed by atoms with Gasteiger partial charge in [0.2, 0.25) is 9.96 Å². The van der Waals surface area contributed by atoms with Crippen molar-refractivity contribution in [2.75, 3.05) is 0 Å². The third-order valence-corrected chi connectivity index (χ3v) is 1.76. The minimum Gasteiger partial charge on any atom is -0.276 e. The molecule has 1 aliphatic rings. The zero-order valence-corrected chi connectivity index (χ0v) is 7.71. The summed E-state index contributed by atoms with van der Waals surface area (Å²) in [4.78, 5) is 10.3. The average molecular weight is 233 g/mol. The van der Waals surface area contributed by atoms with Crippen molar-refractivity contribution in [3.8, 4) is 0 Å². The van der Waals surface area contributed by atoms with Gasteiger partial charge in [0.25, 0.3) is 0 Å². The third-order valence-electron chi connectivity index (χ3n) is 1.14. The van der Waals surface area contributed by atoms with Gasteiger partial charge in [-0.05, 0) is 0 Å². The summed E-state index contributed by atoms with van der Waals surface area (Å²) in [6, 6.07) is 0. The topological polar surface area (TPSA) is 70.8 Å². The summed E-state index contributed by atoms with van der Waals surface area (Å²) >= 11 is 16.3. The number of hydrazone groups is 1. The Morgan fingerprint density at radius 1 is 1.67 bits per heavy atom. The Hall–Kier alpha value is -0.460. The maximum atomic E-state index is 10.3. The first-order valence-electron chi connectivity index (χ1n) is 2.71. The number of rotatable bonds is 1. The van der Waals surface area contributed by atoms with Crippen LogP contribution >= 0.6 is 34.8 Å². The molecule has 12 heavy (non-hydrogen) atoms. The highest BCUT2D eigenvalue weighted by Crippen LogP contribution is 2.32. The van der Waals surface area contributed by atoms with E-state index in [1.54, 1.807) is 0 Å². The van der Waals surface area contributed by atoms with Crippen LogP contribution < -0.4 is 5.43 Å². The Bertz CT molecular complexity index is 226. The SMILES string of the molecule is O=[N+]([O-])N1C=NNC1C(Cl)(Cl)Cl. The van der Waals surface area contributed by atoms with E-state index in [9.17, 15) is 10.1 Å². The molecular weight excluding hydrogens is 230 g/mol. The molecule has 1 N–H and O–H groups in total. The van der Waals surface area contributed by atoms with Crippen molar-refractivity contribution in [1.82, 2.24) is 10.4 Å². The van der Waals surface area contributed by atoms with E-state index in [0.717, 1.165) is 6.34 Å². The second kappa shape index (κ2) is 3.12. The second-order valence-electron chi connectivity index (χ2n) is 1.94. The molecule has 1 heterocycles. The lowest BCUT2D eigenvalue weighted by Gasteiger charge is -2.21. The number of nitrogens with zero attached hydrogens (tertiary/aromatic N) is 3. The van der Waals surface area contributed by atoms with Crippen molar-refractivity contribution in [3.05, 3.63) is 10.1 Å². The quantitative estimate of drug-likeness (QED) is 0.412. The Kier molecular flexibility index (Phi) is 2.50. The fourth-order valence-electron chi connectivity index (χ4n) is 0.649. The van der Waals surface area contributed by atoms with Gasteiger partial charge in [-0.3, -0.25) is 5.43 Å². The number of nitro groups is 1. The summed E-state index contributed by atoms with van der Waals surface area (Å²) in [5, 5.41) is 13.5. The van der Waals surface area contributed by atoms with Crippen LogP contribution in [0.3, 0.4) is 0 Å².